The summed E-state index contributed by atoms with van der Waals surface area (Å²) in [6, 6.07) is 0. The topological polar surface area (TPSA) is 24.7 Å². The van der Waals surface area contributed by atoms with E-state index < -0.39 is 0 Å². The minimum Gasteiger partial charge on any atom is -0.277 e. The molecule has 0 N–H and O–H groups in total. The molecule has 0 fully saturated rings. The third kappa shape index (κ3) is 18.8. The third-order valence-electron chi connectivity index (χ3n) is 0.470. The first kappa shape index (κ1) is 11.2. The van der Waals surface area contributed by atoms with Gasteiger partial charge in [0.15, 0.2) is 0 Å². The maximum atomic E-state index is 3.79. The first-order valence-electron chi connectivity index (χ1n) is 3.34. The molecule has 0 aliphatic heterocycles. The molecular formula is C7H16N2. The summed E-state index contributed by atoms with van der Waals surface area (Å²) in [4.78, 5) is 7.44. The van der Waals surface area contributed by atoms with Crippen molar-refractivity contribution in [2.75, 3.05) is 7.05 Å². The lowest BCUT2D eigenvalue weighted by atomic mass is 10.5. The molecule has 0 rings (SSSR count). The van der Waals surface area contributed by atoms with Crippen molar-refractivity contribution in [1.29, 1.82) is 0 Å². The maximum Gasteiger partial charge on any atom is 0.109 e. The molecule has 0 bridgehead atoms. The second kappa shape index (κ2) is 15.7. The average molecular weight is 128 g/mol. The molecule has 2 heteroatoms. The molecule has 0 saturated heterocycles. The van der Waals surface area contributed by atoms with Crippen molar-refractivity contribution in [2.45, 2.75) is 27.2 Å². The molecule has 0 heterocycles. The van der Waals surface area contributed by atoms with Gasteiger partial charge in [0, 0.05) is 13.3 Å². The number of hydrogen-bond donors (Lipinski definition) is 0. The summed E-state index contributed by atoms with van der Waals surface area (Å²) in [5.74, 6) is 0. The monoisotopic (exact) mass is 128 g/mol. The molecule has 0 aromatic carbocycles. The SMILES string of the molecule is CC.CCC=NC=NC. The zero-order valence-corrected chi connectivity index (χ0v) is 6.76. The van der Waals surface area contributed by atoms with Crippen molar-refractivity contribution in [2.24, 2.45) is 9.98 Å². The highest BCUT2D eigenvalue weighted by Gasteiger charge is 1.58. The van der Waals surface area contributed by atoms with E-state index in [-0.39, 0.29) is 0 Å². The lowest BCUT2D eigenvalue weighted by Gasteiger charge is -1.70. The van der Waals surface area contributed by atoms with E-state index in [1.54, 1.807) is 7.05 Å². The van der Waals surface area contributed by atoms with Crippen molar-refractivity contribution in [3.63, 3.8) is 0 Å². The van der Waals surface area contributed by atoms with Crippen molar-refractivity contribution in [3.05, 3.63) is 0 Å². The van der Waals surface area contributed by atoms with Crippen LogP contribution in [0.3, 0.4) is 0 Å². The average Bonchev–Trinajstić information content (AvgIpc) is 1.94. The second-order valence-electron chi connectivity index (χ2n) is 1.11. The smallest absolute Gasteiger partial charge is 0.109 e. The van der Waals surface area contributed by atoms with Gasteiger partial charge in [0.2, 0.25) is 0 Å². The highest BCUT2D eigenvalue weighted by molar-refractivity contribution is 5.71. The van der Waals surface area contributed by atoms with Crippen LogP contribution in [0, 0.1) is 0 Å². The van der Waals surface area contributed by atoms with Gasteiger partial charge in [-0.15, -0.1) is 0 Å². The predicted molar refractivity (Wildman–Crippen MR) is 44.5 cm³/mol. The molecule has 0 aliphatic carbocycles. The highest BCUT2D eigenvalue weighted by Crippen LogP contribution is 1.64. The van der Waals surface area contributed by atoms with Gasteiger partial charge in [0.05, 0.1) is 0 Å². The second-order valence-corrected chi connectivity index (χ2v) is 1.11. The van der Waals surface area contributed by atoms with Gasteiger partial charge < -0.3 is 0 Å². The molecule has 0 saturated carbocycles. The van der Waals surface area contributed by atoms with Crippen molar-refractivity contribution in [3.8, 4) is 0 Å². The van der Waals surface area contributed by atoms with Crippen LogP contribution in [0.5, 0.6) is 0 Å². The first-order chi connectivity index (χ1) is 4.41. The molecular weight excluding hydrogens is 112 g/mol. The number of rotatable bonds is 2. The van der Waals surface area contributed by atoms with E-state index in [1.807, 2.05) is 27.0 Å². The van der Waals surface area contributed by atoms with Crippen LogP contribution in [-0.4, -0.2) is 19.6 Å². The maximum absolute atomic E-state index is 3.79. The Hall–Kier alpha value is -0.660. The summed E-state index contributed by atoms with van der Waals surface area (Å²) in [7, 11) is 1.70. The Morgan fingerprint density at radius 2 is 1.89 bits per heavy atom. The van der Waals surface area contributed by atoms with Gasteiger partial charge in [-0.3, -0.25) is 4.99 Å². The summed E-state index contributed by atoms with van der Waals surface area (Å²) >= 11 is 0. The van der Waals surface area contributed by atoms with Crippen molar-refractivity contribution >= 4 is 12.6 Å². The van der Waals surface area contributed by atoms with Gasteiger partial charge in [0.1, 0.15) is 6.34 Å². The summed E-state index contributed by atoms with van der Waals surface area (Å²) in [6.07, 6.45) is 4.32. The molecule has 9 heavy (non-hydrogen) atoms. The third-order valence-corrected chi connectivity index (χ3v) is 0.470. The van der Waals surface area contributed by atoms with Crippen LogP contribution in [-0.2, 0) is 0 Å². The molecule has 0 atom stereocenters. The van der Waals surface area contributed by atoms with Crippen LogP contribution in [0.4, 0.5) is 0 Å². The Balaban J connectivity index is 0. The van der Waals surface area contributed by atoms with Crippen molar-refractivity contribution < 1.29 is 0 Å². The minimum absolute atomic E-state index is 0.978. The molecule has 0 aromatic heterocycles. The normalized spacial score (nSPS) is 9.78. The molecule has 0 spiro atoms. The van der Waals surface area contributed by atoms with Gasteiger partial charge >= 0.3 is 0 Å². The Morgan fingerprint density at radius 3 is 2.22 bits per heavy atom. The van der Waals surface area contributed by atoms with E-state index in [9.17, 15) is 0 Å². The van der Waals surface area contributed by atoms with Gasteiger partial charge in [-0.1, -0.05) is 20.8 Å². The summed E-state index contributed by atoms with van der Waals surface area (Å²) in [5, 5.41) is 0. The van der Waals surface area contributed by atoms with Crippen molar-refractivity contribution in [1.82, 2.24) is 0 Å². The zero-order chi connectivity index (χ0) is 7.54. The largest absolute Gasteiger partial charge is 0.277 e. The fraction of sp³-hybridized carbons (Fsp3) is 0.714. The predicted octanol–water partition coefficient (Wildman–Crippen LogP) is 2.15. The molecule has 0 unspecified atom stereocenters. The van der Waals surface area contributed by atoms with Gasteiger partial charge in [0.25, 0.3) is 0 Å². The van der Waals surface area contributed by atoms with Crippen LogP contribution in [0.2, 0.25) is 0 Å². The fourth-order valence-corrected chi connectivity index (χ4v) is 0.219. The first-order valence-corrected chi connectivity index (χ1v) is 3.34. The number of hydrogen-bond acceptors (Lipinski definition) is 1. The summed E-state index contributed by atoms with van der Waals surface area (Å²) < 4.78 is 0. The minimum atomic E-state index is 0.978. The molecule has 2 nitrogen and oxygen atoms in total. The standard InChI is InChI=1S/C5H10N2.C2H6/c1-3-4-7-5-6-2;1-2/h4-5H,3H2,1-2H3;1-2H3. The number of nitrogens with zero attached hydrogens (tertiary/aromatic N) is 2. The van der Waals surface area contributed by atoms with Crippen LogP contribution in [0.1, 0.15) is 27.2 Å². The molecule has 54 valence electrons. The van der Waals surface area contributed by atoms with Crippen LogP contribution >= 0.6 is 0 Å². The Bertz CT molecular complexity index is 75.0. The Kier molecular flexibility index (Phi) is 19.5. The van der Waals surface area contributed by atoms with Gasteiger partial charge in [-0.2, -0.15) is 0 Å². The van der Waals surface area contributed by atoms with E-state index in [1.165, 1.54) is 6.34 Å². The molecule has 0 aliphatic rings. The molecule has 0 aromatic rings. The molecule has 0 radical (unpaired) electrons. The Morgan fingerprint density at radius 1 is 1.33 bits per heavy atom. The van der Waals surface area contributed by atoms with Crippen LogP contribution < -0.4 is 0 Å². The van der Waals surface area contributed by atoms with E-state index in [0.717, 1.165) is 6.42 Å². The lowest BCUT2D eigenvalue weighted by Crippen LogP contribution is -1.67. The highest BCUT2D eigenvalue weighted by atomic mass is 14.8. The summed E-state index contributed by atoms with van der Waals surface area (Å²) in [6.45, 7) is 6.03. The zero-order valence-electron chi connectivity index (χ0n) is 6.76. The Labute approximate surface area is 57.7 Å². The fourth-order valence-electron chi connectivity index (χ4n) is 0.219. The quantitative estimate of drug-likeness (QED) is 0.402. The van der Waals surface area contributed by atoms with Gasteiger partial charge in [-0.25, -0.2) is 4.99 Å². The van der Waals surface area contributed by atoms with Crippen LogP contribution in [0.25, 0.3) is 0 Å². The van der Waals surface area contributed by atoms with E-state index in [0.29, 0.717) is 0 Å². The summed E-state index contributed by atoms with van der Waals surface area (Å²) in [5.41, 5.74) is 0. The van der Waals surface area contributed by atoms with Gasteiger partial charge in [-0.05, 0) is 6.42 Å². The van der Waals surface area contributed by atoms with E-state index in [2.05, 4.69) is 9.98 Å². The van der Waals surface area contributed by atoms with Crippen LogP contribution in [0.15, 0.2) is 9.98 Å². The lowest BCUT2D eigenvalue weighted by molar-refractivity contribution is 1.32. The molecule has 0 amide bonds. The number of aliphatic imine (C=N–C) groups is 2. The van der Waals surface area contributed by atoms with E-state index in [4.69, 9.17) is 0 Å². The van der Waals surface area contributed by atoms with E-state index >= 15 is 0 Å².